The van der Waals surface area contributed by atoms with Gasteiger partial charge < -0.3 is 4.98 Å². The predicted molar refractivity (Wildman–Crippen MR) is 127 cm³/mol. The minimum Gasteiger partial charge on any atom is -0.341 e. The number of benzene rings is 3. The third-order valence-corrected chi connectivity index (χ3v) is 6.18. The highest BCUT2D eigenvalue weighted by Gasteiger charge is 2.29. The Morgan fingerprint density at radius 2 is 1.86 bits per heavy atom. The summed E-state index contributed by atoms with van der Waals surface area (Å²) < 4.78 is 29.8. The zero-order valence-electron chi connectivity index (χ0n) is 18.2. The lowest BCUT2D eigenvalue weighted by Crippen LogP contribution is -2.37. The Kier molecular flexibility index (Phi) is 5.89. The average Bonchev–Trinajstić information content (AvgIpc) is 3.29. The summed E-state index contributed by atoms with van der Waals surface area (Å²) in [6.45, 7) is 0. The Morgan fingerprint density at radius 1 is 1.06 bits per heavy atom. The molecule has 0 saturated heterocycles. The Bertz CT molecular complexity index is 1590. The number of hydrogen-bond donors (Lipinski definition) is 2. The third-order valence-electron chi connectivity index (χ3n) is 5.89. The standard InChI is InChI=1S/C27H18ClF2N4O/c28-20-8-9-21(29)25(26(20)30)18-7-11-24(34(35)15-18)19(12-16-4-2-1-3-5-16)27-32-22-10-6-17(14-31)13-23(22)33-27/h1-11,13,15,19,35H,12H2,(H,32,33)/q+1. The summed E-state index contributed by atoms with van der Waals surface area (Å²) >= 11 is 5.84. The minimum absolute atomic E-state index is 0.135. The van der Waals surface area contributed by atoms with Crippen molar-refractivity contribution in [3.8, 4) is 17.2 Å². The Balaban J connectivity index is 1.62. The van der Waals surface area contributed by atoms with Crippen molar-refractivity contribution in [1.29, 1.82) is 5.26 Å². The third kappa shape index (κ3) is 4.32. The van der Waals surface area contributed by atoms with Crippen LogP contribution in [-0.2, 0) is 6.42 Å². The number of rotatable bonds is 5. The van der Waals surface area contributed by atoms with Gasteiger partial charge in [0.2, 0.25) is 11.9 Å². The summed E-state index contributed by atoms with van der Waals surface area (Å²) in [6, 6.07) is 22.3. The van der Waals surface area contributed by atoms with Gasteiger partial charge in [0.05, 0.1) is 38.8 Å². The average molecular weight is 488 g/mol. The van der Waals surface area contributed by atoms with Gasteiger partial charge in [-0.15, -0.1) is 0 Å². The quantitative estimate of drug-likeness (QED) is 0.183. The minimum atomic E-state index is -0.897. The van der Waals surface area contributed by atoms with Crippen LogP contribution in [0, 0.1) is 23.0 Å². The Hall–Kier alpha value is -4.28. The van der Waals surface area contributed by atoms with E-state index in [0.29, 0.717) is 29.0 Å². The molecular weight excluding hydrogens is 470 g/mol. The van der Waals surface area contributed by atoms with Crippen molar-refractivity contribution in [3.63, 3.8) is 0 Å². The number of aromatic amines is 1. The molecule has 5 nitrogen and oxygen atoms in total. The van der Waals surface area contributed by atoms with E-state index in [4.69, 9.17) is 11.6 Å². The van der Waals surface area contributed by atoms with E-state index in [2.05, 4.69) is 16.0 Å². The molecule has 2 aromatic heterocycles. The molecule has 5 aromatic rings. The normalized spacial score (nSPS) is 11.9. The van der Waals surface area contributed by atoms with Crippen molar-refractivity contribution in [2.24, 2.45) is 0 Å². The number of pyridine rings is 1. The summed E-state index contributed by atoms with van der Waals surface area (Å²) in [6.07, 6.45) is 1.74. The predicted octanol–water partition coefficient (Wildman–Crippen LogP) is 5.93. The van der Waals surface area contributed by atoms with E-state index < -0.39 is 17.6 Å². The van der Waals surface area contributed by atoms with Gasteiger partial charge in [0, 0.05) is 10.8 Å². The van der Waals surface area contributed by atoms with E-state index in [0.717, 1.165) is 27.9 Å². The van der Waals surface area contributed by atoms with Crippen LogP contribution in [0.4, 0.5) is 8.78 Å². The molecule has 0 aliphatic heterocycles. The molecule has 2 N–H and O–H groups in total. The van der Waals surface area contributed by atoms with E-state index in [1.165, 1.54) is 12.3 Å². The summed E-state index contributed by atoms with van der Waals surface area (Å²) in [4.78, 5) is 7.97. The van der Waals surface area contributed by atoms with Crippen LogP contribution in [0.1, 0.15) is 28.6 Å². The second-order valence-electron chi connectivity index (χ2n) is 8.11. The number of imidazole rings is 1. The molecule has 1 unspecified atom stereocenters. The van der Waals surface area contributed by atoms with Gasteiger partial charge >= 0.3 is 0 Å². The van der Waals surface area contributed by atoms with Crippen LogP contribution < -0.4 is 4.73 Å². The van der Waals surface area contributed by atoms with Crippen LogP contribution in [0.3, 0.4) is 0 Å². The highest BCUT2D eigenvalue weighted by molar-refractivity contribution is 6.31. The first kappa shape index (κ1) is 22.5. The number of nitrogens with one attached hydrogen (secondary N) is 1. The highest BCUT2D eigenvalue weighted by Crippen LogP contribution is 2.32. The van der Waals surface area contributed by atoms with Crippen LogP contribution in [0.2, 0.25) is 5.02 Å². The molecule has 2 heterocycles. The largest absolute Gasteiger partial charge is 0.341 e. The molecule has 1 atom stereocenters. The molecule has 0 aliphatic rings. The smallest absolute Gasteiger partial charge is 0.245 e. The van der Waals surface area contributed by atoms with Crippen molar-refractivity contribution in [3.05, 3.63) is 118 Å². The maximum Gasteiger partial charge on any atom is 0.245 e. The fraction of sp³-hybridized carbons (Fsp3) is 0.0741. The van der Waals surface area contributed by atoms with Crippen molar-refractivity contribution in [2.75, 3.05) is 0 Å². The molecule has 0 amide bonds. The summed E-state index contributed by atoms with van der Waals surface area (Å²) in [5.74, 6) is -1.53. The molecule has 5 rings (SSSR count). The number of nitrogens with zero attached hydrogens (tertiary/aromatic N) is 3. The van der Waals surface area contributed by atoms with Gasteiger partial charge in [-0.25, -0.2) is 13.8 Å². The van der Waals surface area contributed by atoms with Crippen LogP contribution in [0.5, 0.6) is 0 Å². The molecule has 172 valence electrons. The molecule has 3 aromatic carbocycles. The first-order valence-electron chi connectivity index (χ1n) is 10.8. The zero-order valence-corrected chi connectivity index (χ0v) is 19.0. The van der Waals surface area contributed by atoms with Gasteiger partial charge in [0.25, 0.3) is 0 Å². The lowest BCUT2D eigenvalue weighted by Gasteiger charge is -2.12. The highest BCUT2D eigenvalue weighted by atomic mass is 35.5. The van der Waals surface area contributed by atoms with Crippen LogP contribution in [-0.4, -0.2) is 15.2 Å². The van der Waals surface area contributed by atoms with E-state index >= 15 is 0 Å². The monoisotopic (exact) mass is 487 g/mol. The second-order valence-corrected chi connectivity index (χ2v) is 8.52. The van der Waals surface area contributed by atoms with Crippen LogP contribution in [0.25, 0.3) is 22.2 Å². The molecule has 0 fully saturated rings. The lowest BCUT2D eigenvalue weighted by atomic mass is 9.94. The van der Waals surface area contributed by atoms with Crippen molar-refractivity contribution >= 4 is 22.6 Å². The van der Waals surface area contributed by atoms with E-state index in [1.807, 2.05) is 30.3 Å². The van der Waals surface area contributed by atoms with Gasteiger partial charge in [-0.1, -0.05) is 41.9 Å². The van der Waals surface area contributed by atoms with Crippen LogP contribution in [0.15, 0.2) is 79.0 Å². The second kappa shape index (κ2) is 9.16. The van der Waals surface area contributed by atoms with Gasteiger partial charge in [-0.3, -0.25) is 5.21 Å². The van der Waals surface area contributed by atoms with E-state index in [-0.39, 0.29) is 16.1 Å². The molecule has 0 bridgehead atoms. The first-order valence-corrected chi connectivity index (χ1v) is 11.1. The molecule has 0 saturated carbocycles. The van der Waals surface area contributed by atoms with Gasteiger partial charge in [-0.2, -0.15) is 5.26 Å². The Morgan fingerprint density at radius 3 is 2.60 bits per heavy atom. The van der Waals surface area contributed by atoms with Crippen molar-refractivity contribution in [2.45, 2.75) is 12.3 Å². The summed E-state index contributed by atoms with van der Waals surface area (Å²) in [5.41, 5.74) is 3.14. The van der Waals surface area contributed by atoms with Crippen molar-refractivity contribution in [1.82, 2.24) is 9.97 Å². The number of H-pyrrole nitrogens is 1. The number of nitriles is 1. The molecule has 0 spiro atoms. The van der Waals surface area contributed by atoms with Gasteiger partial charge in [0.1, 0.15) is 17.6 Å². The van der Waals surface area contributed by atoms with Crippen LogP contribution >= 0.6 is 11.6 Å². The lowest BCUT2D eigenvalue weighted by molar-refractivity contribution is -0.909. The number of hydrogen-bond acceptors (Lipinski definition) is 3. The van der Waals surface area contributed by atoms with Crippen molar-refractivity contribution < 1.29 is 18.7 Å². The molecular formula is C27H18ClF2N4O+. The summed E-state index contributed by atoms with van der Waals surface area (Å²) in [7, 11) is 0. The zero-order chi connectivity index (χ0) is 24.5. The number of aromatic nitrogens is 3. The topological polar surface area (TPSA) is 76.6 Å². The maximum absolute atomic E-state index is 14.6. The first-order chi connectivity index (χ1) is 16.9. The maximum atomic E-state index is 14.6. The molecule has 0 radical (unpaired) electrons. The summed E-state index contributed by atoms with van der Waals surface area (Å²) in [5, 5.41) is 19.9. The fourth-order valence-corrected chi connectivity index (χ4v) is 4.32. The van der Waals surface area contributed by atoms with Gasteiger partial charge in [-0.05, 0) is 48.4 Å². The fourth-order valence-electron chi connectivity index (χ4n) is 4.17. The number of fused-ring (bicyclic) bond motifs is 1. The molecule has 0 aliphatic carbocycles. The van der Waals surface area contributed by atoms with E-state index in [1.54, 1.807) is 24.3 Å². The Labute approximate surface area is 204 Å². The number of halogens is 3. The van der Waals surface area contributed by atoms with E-state index in [9.17, 15) is 19.2 Å². The SMILES string of the molecule is N#Cc1ccc2[nH]c(C(Cc3ccccc3)c3ccc(-c4c(F)ccc(Cl)c4F)c[n+]3O)nc2c1. The molecule has 8 heteroatoms. The molecule has 35 heavy (non-hydrogen) atoms. The van der Waals surface area contributed by atoms with Gasteiger partial charge in [0.15, 0.2) is 5.82 Å².